The molecule has 1 spiro atoms. The Balaban J connectivity index is 1.50. The number of benzene rings is 3. The largest absolute Gasteiger partial charge is 0.450 e. The Morgan fingerprint density at radius 1 is 0.973 bits per heavy atom. The molecule has 0 radical (unpaired) electrons. The highest BCUT2D eigenvalue weighted by Crippen LogP contribution is 2.44. The molecule has 0 unspecified atom stereocenters. The lowest BCUT2D eigenvalue weighted by Gasteiger charge is -2.33. The fourth-order valence-corrected chi connectivity index (χ4v) is 5.50. The number of rotatable bonds is 3. The van der Waals surface area contributed by atoms with Gasteiger partial charge in [-0.1, -0.05) is 35.9 Å². The average molecular weight is 521 g/mol. The third kappa shape index (κ3) is 3.75. The van der Waals surface area contributed by atoms with Crippen LogP contribution in [0.3, 0.4) is 0 Å². The van der Waals surface area contributed by atoms with Crippen molar-refractivity contribution in [2.45, 2.75) is 18.4 Å². The summed E-state index contributed by atoms with van der Waals surface area (Å²) in [6.45, 7) is 1.36. The second kappa shape index (κ2) is 8.61. The Morgan fingerprint density at radius 3 is 2.43 bits per heavy atom. The first kappa shape index (κ1) is 23.5. The highest BCUT2D eigenvalue weighted by atomic mass is 35.5. The van der Waals surface area contributed by atoms with E-state index in [2.05, 4.69) is 5.32 Å². The van der Waals surface area contributed by atoms with E-state index in [-0.39, 0.29) is 27.8 Å². The Labute approximate surface area is 214 Å². The number of ketones is 1. The first-order chi connectivity index (χ1) is 17.8. The van der Waals surface area contributed by atoms with Gasteiger partial charge in [0, 0.05) is 57.8 Å². The zero-order valence-corrected chi connectivity index (χ0v) is 20.1. The van der Waals surface area contributed by atoms with Gasteiger partial charge in [-0.3, -0.25) is 14.2 Å². The molecule has 0 saturated carbocycles. The first-order valence-corrected chi connectivity index (χ1v) is 12.1. The van der Waals surface area contributed by atoms with Crippen LogP contribution in [0, 0.1) is 11.6 Å². The van der Waals surface area contributed by atoms with Gasteiger partial charge in [0.15, 0.2) is 5.78 Å². The highest BCUT2D eigenvalue weighted by Gasteiger charge is 2.47. The van der Waals surface area contributed by atoms with E-state index in [9.17, 15) is 23.2 Å². The van der Waals surface area contributed by atoms with Gasteiger partial charge in [0.25, 0.3) is 5.91 Å². The molecule has 1 fully saturated rings. The lowest BCUT2D eigenvalue weighted by atomic mass is 9.82. The fraction of sp³-hybridized carbons (Fsp3) is 0.179. The van der Waals surface area contributed by atoms with Crippen molar-refractivity contribution in [1.29, 1.82) is 0 Å². The number of esters is 1. The van der Waals surface area contributed by atoms with E-state index in [1.54, 1.807) is 24.3 Å². The first-order valence-electron chi connectivity index (χ1n) is 11.7. The fourth-order valence-electron chi connectivity index (χ4n) is 5.34. The van der Waals surface area contributed by atoms with E-state index in [0.29, 0.717) is 48.0 Å². The Bertz CT molecular complexity index is 1620. The number of fused-ring (bicyclic) bond motifs is 3. The van der Waals surface area contributed by atoms with Gasteiger partial charge in [0.2, 0.25) is 0 Å². The maximum absolute atomic E-state index is 13.9. The highest BCUT2D eigenvalue weighted by molar-refractivity contribution is 6.32. The number of nitrogens with one attached hydrogen (secondary N) is 1. The van der Waals surface area contributed by atoms with Gasteiger partial charge in [0.1, 0.15) is 17.2 Å². The minimum atomic E-state index is -0.903. The van der Waals surface area contributed by atoms with Gasteiger partial charge < -0.3 is 10.1 Å². The molecule has 0 amide bonds. The maximum Gasteiger partial charge on any atom is 0.340 e. The lowest BCUT2D eigenvalue weighted by Crippen LogP contribution is -2.39. The predicted molar refractivity (Wildman–Crippen MR) is 132 cm³/mol. The molecular formula is C28H19ClF2N2O4. The summed E-state index contributed by atoms with van der Waals surface area (Å²) in [6.07, 6.45) is 2.51. The summed E-state index contributed by atoms with van der Waals surface area (Å²) >= 11 is 6.18. The Hall–Kier alpha value is -3.88. The van der Waals surface area contributed by atoms with E-state index in [1.165, 1.54) is 12.3 Å². The standard InChI is InChI=1S/C28H19ClF2N2O4/c29-16-4-5-19-21(14-33(23(19)12-16)26(35)15-10-17(30)13-18(31)11-15)25(34)20-2-1-3-22-24(20)27(36)37-28(22)6-8-32-9-7-28/h1-5,10-14,32H,6-9H2. The number of hydrogen-bond donors (Lipinski definition) is 1. The second-order valence-electron chi connectivity index (χ2n) is 9.23. The molecule has 3 heterocycles. The number of aromatic nitrogens is 1. The molecule has 1 N–H and O–H groups in total. The normalized spacial score (nSPS) is 16.1. The van der Waals surface area contributed by atoms with Crippen molar-refractivity contribution in [3.8, 4) is 0 Å². The summed E-state index contributed by atoms with van der Waals surface area (Å²) in [5.41, 5.74) is 0.500. The average Bonchev–Trinajstić information content (AvgIpc) is 3.38. The zero-order chi connectivity index (χ0) is 25.9. The molecule has 37 heavy (non-hydrogen) atoms. The van der Waals surface area contributed by atoms with Crippen LogP contribution in [0.4, 0.5) is 8.78 Å². The van der Waals surface area contributed by atoms with Crippen LogP contribution in [0.5, 0.6) is 0 Å². The summed E-state index contributed by atoms with van der Waals surface area (Å²) in [7, 11) is 0. The van der Waals surface area contributed by atoms with Crippen molar-refractivity contribution in [2.75, 3.05) is 13.1 Å². The number of nitrogens with zero attached hydrogens (tertiary/aromatic N) is 1. The number of halogens is 3. The molecule has 2 aliphatic rings. The van der Waals surface area contributed by atoms with E-state index < -0.39 is 34.9 Å². The van der Waals surface area contributed by atoms with E-state index >= 15 is 0 Å². The van der Waals surface area contributed by atoms with Crippen LogP contribution >= 0.6 is 11.6 Å². The zero-order valence-electron chi connectivity index (χ0n) is 19.3. The van der Waals surface area contributed by atoms with Gasteiger partial charge in [-0.2, -0.15) is 0 Å². The number of piperidine rings is 1. The maximum atomic E-state index is 13.9. The van der Waals surface area contributed by atoms with Crippen LogP contribution < -0.4 is 5.32 Å². The minimum Gasteiger partial charge on any atom is -0.450 e. The molecule has 3 aromatic carbocycles. The van der Waals surface area contributed by atoms with Crippen molar-refractivity contribution in [3.05, 3.63) is 105 Å². The lowest BCUT2D eigenvalue weighted by molar-refractivity contribution is -0.0242. The van der Waals surface area contributed by atoms with E-state index in [1.807, 2.05) is 6.07 Å². The van der Waals surface area contributed by atoms with Crippen molar-refractivity contribution in [2.24, 2.45) is 0 Å². The quantitative estimate of drug-likeness (QED) is 0.295. The summed E-state index contributed by atoms with van der Waals surface area (Å²) in [5, 5.41) is 3.96. The molecule has 6 rings (SSSR count). The molecule has 4 aromatic rings. The molecule has 0 bridgehead atoms. The van der Waals surface area contributed by atoms with E-state index in [4.69, 9.17) is 16.3 Å². The smallest absolute Gasteiger partial charge is 0.340 e. The van der Waals surface area contributed by atoms with Crippen LogP contribution in [0.25, 0.3) is 10.9 Å². The molecule has 6 nitrogen and oxygen atoms in total. The summed E-state index contributed by atoms with van der Waals surface area (Å²) < 4.78 is 34.6. The SMILES string of the molecule is O=C1OC2(CCNCC2)c2cccc(C(=O)c3cn(C(=O)c4cc(F)cc(F)c4)c4cc(Cl)ccc34)c21. The Morgan fingerprint density at radius 2 is 1.70 bits per heavy atom. The minimum absolute atomic E-state index is 0.143. The molecule has 0 aliphatic carbocycles. The number of carbonyl (C=O) groups excluding carboxylic acids is 3. The summed E-state index contributed by atoms with van der Waals surface area (Å²) in [5.74, 6) is -3.59. The van der Waals surface area contributed by atoms with Crippen molar-refractivity contribution in [1.82, 2.24) is 9.88 Å². The van der Waals surface area contributed by atoms with Gasteiger partial charge in [0.05, 0.1) is 11.1 Å². The topological polar surface area (TPSA) is 77.4 Å². The van der Waals surface area contributed by atoms with Crippen molar-refractivity contribution < 1.29 is 27.9 Å². The second-order valence-corrected chi connectivity index (χ2v) is 9.67. The van der Waals surface area contributed by atoms with Crippen LogP contribution in [-0.4, -0.2) is 35.3 Å². The van der Waals surface area contributed by atoms with Crippen LogP contribution in [0.1, 0.15) is 55.0 Å². The van der Waals surface area contributed by atoms with E-state index in [0.717, 1.165) is 16.7 Å². The summed E-state index contributed by atoms with van der Waals surface area (Å²) in [4.78, 5) is 40.2. The molecule has 2 aliphatic heterocycles. The van der Waals surface area contributed by atoms with Crippen molar-refractivity contribution >= 4 is 40.2 Å². The van der Waals surface area contributed by atoms with Crippen LogP contribution in [-0.2, 0) is 10.3 Å². The van der Waals surface area contributed by atoms with Crippen LogP contribution in [0.15, 0.2) is 60.8 Å². The number of carbonyl (C=O) groups is 3. The third-order valence-electron chi connectivity index (χ3n) is 7.04. The van der Waals surface area contributed by atoms with Crippen molar-refractivity contribution in [3.63, 3.8) is 0 Å². The van der Waals surface area contributed by atoms with Crippen LogP contribution in [0.2, 0.25) is 5.02 Å². The molecule has 1 saturated heterocycles. The predicted octanol–water partition coefficient (Wildman–Crippen LogP) is 5.24. The third-order valence-corrected chi connectivity index (χ3v) is 7.28. The Kier molecular flexibility index (Phi) is 5.47. The van der Waals surface area contributed by atoms with Gasteiger partial charge in [-0.15, -0.1) is 0 Å². The molecular weight excluding hydrogens is 502 g/mol. The molecule has 9 heteroatoms. The summed E-state index contributed by atoms with van der Waals surface area (Å²) in [6, 6.07) is 12.3. The van der Waals surface area contributed by atoms with Gasteiger partial charge in [-0.25, -0.2) is 13.6 Å². The molecule has 1 aromatic heterocycles. The monoisotopic (exact) mass is 520 g/mol. The van der Waals surface area contributed by atoms with Gasteiger partial charge >= 0.3 is 5.97 Å². The number of ether oxygens (including phenoxy) is 1. The van der Waals surface area contributed by atoms with Gasteiger partial charge in [-0.05, 0) is 37.4 Å². The number of hydrogen-bond acceptors (Lipinski definition) is 5. The molecule has 186 valence electrons. The molecule has 0 atom stereocenters.